The SMILES string of the molecule is Clc1cccc(-c2cccc3cnc(Nc4ccc(C5CNCCO5)cc4)nc23)c1. The first kappa shape index (κ1) is 19.0. The Kier molecular flexibility index (Phi) is 5.32. The maximum atomic E-state index is 6.20. The predicted octanol–water partition coefficient (Wildman–Crippen LogP) is 5.35. The van der Waals surface area contributed by atoms with Crippen molar-refractivity contribution in [1.29, 1.82) is 0 Å². The highest BCUT2D eigenvalue weighted by Gasteiger charge is 2.15. The molecule has 1 fully saturated rings. The summed E-state index contributed by atoms with van der Waals surface area (Å²) in [4.78, 5) is 9.27. The smallest absolute Gasteiger partial charge is 0.227 e. The molecule has 0 amide bonds. The van der Waals surface area contributed by atoms with E-state index in [9.17, 15) is 0 Å². The van der Waals surface area contributed by atoms with Gasteiger partial charge < -0.3 is 15.4 Å². The molecule has 5 nitrogen and oxygen atoms in total. The molecule has 0 bridgehead atoms. The Balaban J connectivity index is 1.43. The van der Waals surface area contributed by atoms with Crippen LogP contribution < -0.4 is 10.6 Å². The van der Waals surface area contributed by atoms with Crippen molar-refractivity contribution in [2.45, 2.75) is 6.10 Å². The van der Waals surface area contributed by atoms with Crippen molar-refractivity contribution in [2.75, 3.05) is 25.0 Å². The zero-order chi connectivity index (χ0) is 20.3. The Bertz CT molecular complexity index is 1170. The largest absolute Gasteiger partial charge is 0.371 e. The molecule has 0 spiro atoms. The first-order valence-corrected chi connectivity index (χ1v) is 10.3. The number of aromatic nitrogens is 2. The number of ether oxygens (including phenoxy) is 1. The Morgan fingerprint density at radius 2 is 1.90 bits per heavy atom. The van der Waals surface area contributed by atoms with Crippen LogP contribution in [0.15, 0.2) is 72.9 Å². The molecule has 1 saturated heterocycles. The van der Waals surface area contributed by atoms with Crippen LogP contribution in [0, 0.1) is 0 Å². The second-order valence-corrected chi connectivity index (χ2v) is 7.69. The molecule has 4 aromatic rings. The number of nitrogens with one attached hydrogen (secondary N) is 2. The second-order valence-electron chi connectivity index (χ2n) is 7.26. The fourth-order valence-corrected chi connectivity index (χ4v) is 3.88. The van der Waals surface area contributed by atoms with E-state index in [4.69, 9.17) is 21.3 Å². The van der Waals surface area contributed by atoms with Gasteiger partial charge in [0, 0.05) is 40.9 Å². The number of para-hydroxylation sites is 1. The van der Waals surface area contributed by atoms with Crippen LogP contribution in [0.3, 0.4) is 0 Å². The summed E-state index contributed by atoms with van der Waals surface area (Å²) >= 11 is 6.20. The van der Waals surface area contributed by atoms with Gasteiger partial charge in [-0.05, 0) is 35.4 Å². The molecule has 1 aliphatic heterocycles. The molecular formula is C24H21ClN4O. The molecule has 0 aliphatic carbocycles. The van der Waals surface area contributed by atoms with Gasteiger partial charge in [-0.25, -0.2) is 9.97 Å². The molecule has 2 heterocycles. The number of hydrogen-bond donors (Lipinski definition) is 2. The van der Waals surface area contributed by atoms with E-state index in [0.717, 1.165) is 53.0 Å². The van der Waals surface area contributed by atoms with Crippen molar-refractivity contribution in [3.63, 3.8) is 0 Å². The number of hydrogen-bond acceptors (Lipinski definition) is 5. The minimum atomic E-state index is 0.102. The van der Waals surface area contributed by atoms with Gasteiger partial charge in [0.05, 0.1) is 18.2 Å². The highest BCUT2D eigenvalue weighted by Crippen LogP contribution is 2.30. The fraction of sp³-hybridized carbons (Fsp3) is 0.167. The fourth-order valence-electron chi connectivity index (χ4n) is 3.69. The summed E-state index contributed by atoms with van der Waals surface area (Å²) in [6, 6.07) is 22.1. The molecule has 1 aliphatic rings. The summed E-state index contributed by atoms with van der Waals surface area (Å²) in [5, 5.41) is 8.35. The van der Waals surface area contributed by atoms with Crippen molar-refractivity contribution >= 4 is 34.1 Å². The maximum absolute atomic E-state index is 6.20. The normalized spacial score (nSPS) is 16.5. The van der Waals surface area contributed by atoms with Crippen LogP contribution in [0.5, 0.6) is 0 Å². The summed E-state index contributed by atoms with van der Waals surface area (Å²) in [5.74, 6) is 0.556. The van der Waals surface area contributed by atoms with E-state index in [1.807, 2.05) is 54.7 Å². The molecule has 0 saturated carbocycles. The average molecular weight is 417 g/mol. The van der Waals surface area contributed by atoms with Crippen molar-refractivity contribution in [3.05, 3.63) is 83.5 Å². The molecule has 1 atom stereocenters. The number of halogens is 1. The third kappa shape index (κ3) is 4.00. The first-order valence-electron chi connectivity index (χ1n) is 9.97. The monoisotopic (exact) mass is 416 g/mol. The lowest BCUT2D eigenvalue weighted by atomic mass is 10.0. The summed E-state index contributed by atoms with van der Waals surface area (Å²) in [6.45, 7) is 2.49. The van der Waals surface area contributed by atoms with E-state index in [1.54, 1.807) is 0 Å². The van der Waals surface area contributed by atoms with Crippen LogP contribution in [-0.4, -0.2) is 29.7 Å². The van der Waals surface area contributed by atoms with Crippen molar-refractivity contribution in [3.8, 4) is 11.1 Å². The van der Waals surface area contributed by atoms with E-state index in [0.29, 0.717) is 11.0 Å². The van der Waals surface area contributed by atoms with Crippen LogP contribution in [0.25, 0.3) is 22.0 Å². The Morgan fingerprint density at radius 1 is 1.03 bits per heavy atom. The minimum Gasteiger partial charge on any atom is -0.371 e. The lowest BCUT2D eigenvalue weighted by Gasteiger charge is -2.24. The van der Waals surface area contributed by atoms with Gasteiger partial charge in [-0.2, -0.15) is 0 Å². The summed E-state index contributed by atoms with van der Waals surface area (Å²) < 4.78 is 5.82. The van der Waals surface area contributed by atoms with Gasteiger partial charge in [-0.1, -0.05) is 54.1 Å². The Labute approximate surface area is 180 Å². The van der Waals surface area contributed by atoms with Gasteiger partial charge in [-0.3, -0.25) is 0 Å². The molecule has 1 unspecified atom stereocenters. The minimum absolute atomic E-state index is 0.102. The van der Waals surface area contributed by atoms with Crippen molar-refractivity contribution in [1.82, 2.24) is 15.3 Å². The summed E-state index contributed by atoms with van der Waals surface area (Å²) in [6.07, 6.45) is 1.94. The van der Waals surface area contributed by atoms with Gasteiger partial charge in [0.1, 0.15) is 0 Å². The average Bonchev–Trinajstić information content (AvgIpc) is 2.80. The van der Waals surface area contributed by atoms with E-state index in [2.05, 4.69) is 33.8 Å². The van der Waals surface area contributed by atoms with Gasteiger partial charge in [0.25, 0.3) is 0 Å². The van der Waals surface area contributed by atoms with E-state index in [1.165, 1.54) is 0 Å². The number of anilines is 2. The Hall–Kier alpha value is -2.99. The standard InChI is InChI=1S/C24H21ClN4O/c25-19-5-1-3-17(13-19)21-6-2-4-18-14-27-24(29-23(18)21)28-20-9-7-16(8-10-20)22-15-26-11-12-30-22/h1-10,13-14,22,26H,11-12,15H2,(H,27,28,29). The van der Waals surface area contributed by atoms with Crippen LogP contribution in [0.2, 0.25) is 5.02 Å². The Morgan fingerprint density at radius 3 is 2.70 bits per heavy atom. The molecule has 6 heteroatoms. The molecule has 5 rings (SSSR count). The summed E-state index contributed by atoms with van der Waals surface area (Å²) in [5.41, 5.74) is 5.04. The highest BCUT2D eigenvalue weighted by molar-refractivity contribution is 6.30. The molecule has 1 aromatic heterocycles. The maximum Gasteiger partial charge on any atom is 0.227 e. The molecule has 30 heavy (non-hydrogen) atoms. The number of morpholine rings is 1. The van der Waals surface area contributed by atoms with E-state index < -0.39 is 0 Å². The lowest BCUT2D eigenvalue weighted by Crippen LogP contribution is -2.33. The third-order valence-corrected chi connectivity index (χ3v) is 5.45. The number of nitrogens with zero attached hydrogens (tertiary/aromatic N) is 2. The molecule has 150 valence electrons. The number of fused-ring (bicyclic) bond motifs is 1. The van der Waals surface area contributed by atoms with Crippen molar-refractivity contribution in [2.24, 2.45) is 0 Å². The van der Waals surface area contributed by atoms with Crippen LogP contribution in [0.1, 0.15) is 11.7 Å². The predicted molar refractivity (Wildman–Crippen MR) is 121 cm³/mol. The van der Waals surface area contributed by atoms with Crippen LogP contribution in [0.4, 0.5) is 11.6 Å². The van der Waals surface area contributed by atoms with Crippen molar-refractivity contribution < 1.29 is 4.74 Å². The first-order chi connectivity index (χ1) is 14.8. The van der Waals surface area contributed by atoms with Crippen LogP contribution >= 0.6 is 11.6 Å². The number of rotatable bonds is 4. The zero-order valence-corrected chi connectivity index (χ0v) is 17.1. The van der Waals surface area contributed by atoms with Gasteiger partial charge in [0.2, 0.25) is 5.95 Å². The van der Waals surface area contributed by atoms with Gasteiger partial charge in [-0.15, -0.1) is 0 Å². The molecule has 3 aromatic carbocycles. The van der Waals surface area contributed by atoms with Crippen LogP contribution in [-0.2, 0) is 4.74 Å². The highest BCUT2D eigenvalue weighted by atomic mass is 35.5. The van der Waals surface area contributed by atoms with Gasteiger partial charge in [0.15, 0.2) is 0 Å². The third-order valence-electron chi connectivity index (χ3n) is 5.21. The number of benzene rings is 3. The zero-order valence-electron chi connectivity index (χ0n) is 16.3. The molecule has 0 radical (unpaired) electrons. The molecule has 2 N–H and O–H groups in total. The topological polar surface area (TPSA) is 59.1 Å². The van der Waals surface area contributed by atoms with E-state index in [-0.39, 0.29) is 6.10 Å². The van der Waals surface area contributed by atoms with E-state index >= 15 is 0 Å². The lowest BCUT2D eigenvalue weighted by molar-refractivity contribution is 0.0277. The molecular weight excluding hydrogens is 396 g/mol. The second kappa shape index (κ2) is 8.40. The summed E-state index contributed by atoms with van der Waals surface area (Å²) in [7, 11) is 0. The quantitative estimate of drug-likeness (QED) is 0.469. The van der Waals surface area contributed by atoms with Gasteiger partial charge >= 0.3 is 0 Å².